The molecule has 0 bridgehead atoms. The molecule has 1 atom stereocenters. The number of hydrogen-bond acceptors (Lipinski definition) is 4. The van der Waals surface area contributed by atoms with E-state index >= 15 is 0 Å². The van der Waals surface area contributed by atoms with E-state index in [0.717, 1.165) is 5.56 Å². The average molecular weight is 232 g/mol. The first-order chi connectivity index (χ1) is 8.18. The Morgan fingerprint density at radius 2 is 2.18 bits per heavy atom. The van der Waals surface area contributed by atoms with E-state index in [0.29, 0.717) is 31.7 Å². The summed E-state index contributed by atoms with van der Waals surface area (Å²) in [6.45, 7) is 2.99. The van der Waals surface area contributed by atoms with E-state index in [1.165, 1.54) is 0 Å². The average Bonchev–Trinajstić information content (AvgIpc) is 2.39. The van der Waals surface area contributed by atoms with E-state index in [-0.39, 0.29) is 0 Å². The molecule has 1 aromatic rings. The highest BCUT2D eigenvalue weighted by Gasteiger charge is 2.41. The highest BCUT2D eigenvalue weighted by molar-refractivity contribution is 5.19. The summed E-state index contributed by atoms with van der Waals surface area (Å²) < 4.78 is 5.25. The minimum absolute atomic E-state index is 0.524. The van der Waals surface area contributed by atoms with E-state index in [1.54, 1.807) is 12.3 Å². The highest BCUT2D eigenvalue weighted by atomic mass is 16.5. The van der Waals surface area contributed by atoms with Gasteiger partial charge in [-0.2, -0.15) is 5.26 Å². The Balaban J connectivity index is 2.25. The summed E-state index contributed by atoms with van der Waals surface area (Å²) in [5.74, 6) is 0. The molecule has 1 fully saturated rings. The smallest absolute Gasteiger partial charge is 0.115 e. The van der Waals surface area contributed by atoms with E-state index in [2.05, 4.69) is 11.1 Å². The van der Waals surface area contributed by atoms with Crippen molar-refractivity contribution in [3.63, 3.8) is 0 Å². The molecule has 1 aromatic heterocycles. The third kappa shape index (κ3) is 2.31. The molecule has 0 amide bonds. The molecule has 1 N–H and O–H groups in total. The number of rotatable bonds is 2. The fourth-order valence-corrected chi connectivity index (χ4v) is 2.11. The third-order valence-electron chi connectivity index (χ3n) is 3.35. The monoisotopic (exact) mass is 232 g/mol. The Morgan fingerprint density at radius 3 is 2.71 bits per heavy atom. The lowest BCUT2D eigenvalue weighted by Crippen LogP contribution is -2.34. The summed E-state index contributed by atoms with van der Waals surface area (Å²) in [5.41, 5.74) is 0.860. The van der Waals surface area contributed by atoms with Gasteiger partial charge in [0, 0.05) is 19.4 Å². The van der Waals surface area contributed by atoms with Crippen molar-refractivity contribution in [3.05, 3.63) is 29.6 Å². The zero-order valence-electron chi connectivity index (χ0n) is 9.89. The van der Waals surface area contributed by atoms with Crippen LogP contribution in [0.5, 0.6) is 0 Å². The molecule has 0 saturated carbocycles. The number of aryl methyl sites for hydroxylation is 1. The van der Waals surface area contributed by atoms with Crippen molar-refractivity contribution in [2.45, 2.75) is 25.9 Å². The van der Waals surface area contributed by atoms with Gasteiger partial charge in [-0.1, -0.05) is 6.07 Å². The Morgan fingerprint density at radius 1 is 1.47 bits per heavy atom. The number of pyridine rings is 1. The number of nitriles is 1. The van der Waals surface area contributed by atoms with Gasteiger partial charge in [0.05, 0.1) is 17.2 Å². The minimum atomic E-state index is -0.836. The standard InChI is InChI=1S/C13H16N2O2/c1-10-2-3-11(15-8-10)12(16)13(9-14)4-6-17-7-5-13/h2-3,8,12,16H,4-7H2,1H3. The second-order valence-corrected chi connectivity index (χ2v) is 4.54. The molecule has 1 aliphatic rings. The van der Waals surface area contributed by atoms with Crippen LogP contribution in [0.3, 0.4) is 0 Å². The summed E-state index contributed by atoms with van der Waals surface area (Å²) in [6, 6.07) is 5.95. The van der Waals surface area contributed by atoms with Crippen molar-refractivity contribution in [2.75, 3.05) is 13.2 Å². The molecule has 90 valence electrons. The van der Waals surface area contributed by atoms with Crippen molar-refractivity contribution in [2.24, 2.45) is 5.41 Å². The van der Waals surface area contributed by atoms with Crippen LogP contribution < -0.4 is 0 Å². The maximum atomic E-state index is 10.3. The predicted octanol–water partition coefficient (Wildman–Crippen LogP) is 1.74. The molecule has 0 spiro atoms. The summed E-state index contributed by atoms with van der Waals surface area (Å²) in [6.07, 6.45) is 1.99. The number of aliphatic hydroxyl groups excluding tert-OH is 1. The Bertz CT molecular complexity index is 416. The molecule has 0 aromatic carbocycles. The highest BCUT2D eigenvalue weighted by Crippen LogP contribution is 2.41. The van der Waals surface area contributed by atoms with Crippen molar-refractivity contribution in [1.82, 2.24) is 4.98 Å². The summed E-state index contributed by atoms with van der Waals surface area (Å²) >= 11 is 0. The van der Waals surface area contributed by atoms with Crippen LogP contribution in [0.25, 0.3) is 0 Å². The van der Waals surface area contributed by atoms with Crippen molar-refractivity contribution in [3.8, 4) is 6.07 Å². The van der Waals surface area contributed by atoms with Crippen LogP contribution in [-0.2, 0) is 4.74 Å². The van der Waals surface area contributed by atoms with Gasteiger partial charge in [-0.3, -0.25) is 4.98 Å². The van der Waals surface area contributed by atoms with Crippen molar-refractivity contribution >= 4 is 0 Å². The molecule has 2 rings (SSSR count). The Hall–Kier alpha value is -1.44. The molecule has 2 heterocycles. The maximum Gasteiger partial charge on any atom is 0.115 e. The van der Waals surface area contributed by atoms with Gasteiger partial charge in [-0.15, -0.1) is 0 Å². The van der Waals surface area contributed by atoms with E-state index < -0.39 is 11.5 Å². The van der Waals surface area contributed by atoms with Crippen LogP contribution in [0.4, 0.5) is 0 Å². The maximum absolute atomic E-state index is 10.3. The van der Waals surface area contributed by atoms with Crippen LogP contribution >= 0.6 is 0 Å². The van der Waals surface area contributed by atoms with Gasteiger partial charge in [0.2, 0.25) is 0 Å². The minimum Gasteiger partial charge on any atom is -0.385 e. The third-order valence-corrected chi connectivity index (χ3v) is 3.35. The van der Waals surface area contributed by atoms with Crippen molar-refractivity contribution in [1.29, 1.82) is 5.26 Å². The molecule has 4 heteroatoms. The van der Waals surface area contributed by atoms with Crippen molar-refractivity contribution < 1.29 is 9.84 Å². The summed E-state index contributed by atoms with van der Waals surface area (Å²) in [7, 11) is 0. The summed E-state index contributed by atoms with van der Waals surface area (Å²) in [5, 5.41) is 19.7. The van der Waals surface area contributed by atoms with E-state index in [9.17, 15) is 10.4 Å². The van der Waals surface area contributed by atoms with Crippen LogP contribution in [0, 0.1) is 23.7 Å². The van der Waals surface area contributed by atoms with Gasteiger partial charge in [0.25, 0.3) is 0 Å². The first-order valence-electron chi connectivity index (χ1n) is 5.77. The SMILES string of the molecule is Cc1ccc(C(O)C2(C#N)CCOCC2)nc1. The van der Waals surface area contributed by atoms with Gasteiger partial charge in [0.15, 0.2) is 0 Å². The van der Waals surface area contributed by atoms with Gasteiger partial charge in [-0.05, 0) is 31.4 Å². The molecule has 1 aliphatic heterocycles. The normalized spacial score (nSPS) is 20.5. The fourth-order valence-electron chi connectivity index (χ4n) is 2.11. The largest absolute Gasteiger partial charge is 0.385 e. The molecule has 0 radical (unpaired) electrons. The number of aliphatic hydroxyl groups is 1. The first-order valence-corrected chi connectivity index (χ1v) is 5.77. The number of hydrogen-bond donors (Lipinski definition) is 1. The van der Waals surface area contributed by atoms with Gasteiger partial charge in [0.1, 0.15) is 6.10 Å². The summed E-state index contributed by atoms with van der Waals surface area (Å²) in [4.78, 5) is 4.20. The quantitative estimate of drug-likeness (QED) is 0.843. The van der Waals surface area contributed by atoms with Gasteiger partial charge in [-0.25, -0.2) is 0 Å². The van der Waals surface area contributed by atoms with Crippen LogP contribution in [0.15, 0.2) is 18.3 Å². The molecule has 1 saturated heterocycles. The molecule has 4 nitrogen and oxygen atoms in total. The molecular weight excluding hydrogens is 216 g/mol. The van der Waals surface area contributed by atoms with Crippen LogP contribution in [0.2, 0.25) is 0 Å². The molecule has 1 unspecified atom stereocenters. The second-order valence-electron chi connectivity index (χ2n) is 4.54. The Kier molecular flexibility index (Phi) is 3.41. The van der Waals surface area contributed by atoms with Gasteiger partial charge >= 0.3 is 0 Å². The van der Waals surface area contributed by atoms with Gasteiger partial charge < -0.3 is 9.84 Å². The van der Waals surface area contributed by atoms with E-state index in [4.69, 9.17) is 4.74 Å². The van der Waals surface area contributed by atoms with Crippen LogP contribution in [0.1, 0.15) is 30.2 Å². The molecule has 17 heavy (non-hydrogen) atoms. The lowest BCUT2D eigenvalue weighted by molar-refractivity contribution is -0.0326. The number of nitrogens with zero attached hydrogens (tertiary/aromatic N) is 2. The second kappa shape index (κ2) is 4.82. The fraction of sp³-hybridized carbons (Fsp3) is 0.538. The number of aromatic nitrogens is 1. The topological polar surface area (TPSA) is 66.1 Å². The number of ether oxygens (including phenoxy) is 1. The first kappa shape index (κ1) is 12.0. The lowest BCUT2D eigenvalue weighted by atomic mass is 9.75. The van der Waals surface area contributed by atoms with E-state index in [1.807, 2.05) is 13.0 Å². The molecular formula is C13H16N2O2. The Labute approximate surface area is 101 Å². The lowest BCUT2D eigenvalue weighted by Gasteiger charge is -2.34. The van der Waals surface area contributed by atoms with Crippen LogP contribution in [-0.4, -0.2) is 23.3 Å². The zero-order chi connectivity index (χ0) is 12.3. The predicted molar refractivity (Wildman–Crippen MR) is 62.0 cm³/mol. The zero-order valence-corrected chi connectivity index (χ0v) is 9.89. The molecule has 0 aliphatic carbocycles.